The molecule has 1 aromatic carbocycles. The molecule has 194 valence electrons. The zero-order chi connectivity index (χ0) is 26.5. The molecule has 2 aliphatic rings. The Balaban J connectivity index is 1.70. The molecule has 0 bridgehead atoms. The molecular formula is C27H30N4O4S2. The molecule has 8 nitrogen and oxygen atoms in total. The summed E-state index contributed by atoms with van der Waals surface area (Å²) in [4.78, 5) is 30.9. The van der Waals surface area contributed by atoms with Gasteiger partial charge in [-0.3, -0.25) is 19.1 Å². The van der Waals surface area contributed by atoms with Crippen LogP contribution in [0, 0.1) is 18.3 Å². The normalized spacial score (nSPS) is 17.0. The third-order valence-corrected chi connectivity index (χ3v) is 7.91. The molecule has 0 spiro atoms. The van der Waals surface area contributed by atoms with Crippen LogP contribution in [0.1, 0.15) is 35.6 Å². The standard InChI is InChI=1S/C27H30N4O4S2/c1-4-10-30-24(29-12-14-35-15-13-29)21(18(2)22(17-28)25(30)32)16-23-26(33)31(27(36)37-23)11-9-19-5-7-20(34-3)8-6-19/h5-8,16H,4,9-15H2,1-3H3. The average molecular weight is 539 g/mol. The molecule has 3 heterocycles. The van der Waals surface area contributed by atoms with Crippen LogP contribution in [0.15, 0.2) is 34.0 Å². The summed E-state index contributed by atoms with van der Waals surface area (Å²) >= 11 is 6.82. The summed E-state index contributed by atoms with van der Waals surface area (Å²) in [6.07, 6.45) is 3.19. The van der Waals surface area contributed by atoms with E-state index in [1.807, 2.05) is 31.2 Å². The minimum Gasteiger partial charge on any atom is -0.497 e. The number of aromatic nitrogens is 1. The van der Waals surface area contributed by atoms with Crippen molar-refractivity contribution < 1.29 is 14.3 Å². The molecular weight excluding hydrogens is 508 g/mol. The number of nitrogens with zero attached hydrogens (tertiary/aromatic N) is 4. The molecule has 2 saturated heterocycles. The van der Waals surface area contributed by atoms with Gasteiger partial charge in [0.05, 0.1) is 25.2 Å². The van der Waals surface area contributed by atoms with Gasteiger partial charge in [0.2, 0.25) is 0 Å². The Kier molecular flexibility index (Phi) is 8.69. The fourth-order valence-corrected chi connectivity index (χ4v) is 5.84. The Morgan fingerprint density at radius 2 is 1.89 bits per heavy atom. The van der Waals surface area contributed by atoms with E-state index in [9.17, 15) is 14.9 Å². The number of hydrogen-bond donors (Lipinski definition) is 0. The van der Waals surface area contributed by atoms with Crippen molar-refractivity contribution in [2.45, 2.75) is 33.2 Å². The summed E-state index contributed by atoms with van der Waals surface area (Å²) < 4.78 is 12.9. The molecule has 2 fully saturated rings. The van der Waals surface area contributed by atoms with Gasteiger partial charge in [0.1, 0.15) is 27.5 Å². The van der Waals surface area contributed by atoms with Crippen LogP contribution in [-0.2, 0) is 22.5 Å². The first-order valence-electron chi connectivity index (χ1n) is 12.3. The number of amides is 1. The second-order valence-corrected chi connectivity index (χ2v) is 10.5. The van der Waals surface area contributed by atoms with Crippen molar-refractivity contribution in [3.63, 3.8) is 0 Å². The number of ether oxygens (including phenoxy) is 2. The summed E-state index contributed by atoms with van der Waals surface area (Å²) in [5.74, 6) is 1.35. The van der Waals surface area contributed by atoms with Crippen molar-refractivity contribution in [1.29, 1.82) is 5.26 Å². The molecule has 1 aromatic heterocycles. The van der Waals surface area contributed by atoms with Crippen LogP contribution < -0.4 is 15.2 Å². The number of nitriles is 1. The molecule has 0 unspecified atom stereocenters. The van der Waals surface area contributed by atoms with E-state index in [4.69, 9.17) is 21.7 Å². The van der Waals surface area contributed by atoms with Gasteiger partial charge in [0.15, 0.2) is 0 Å². The summed E-state index contributed by atoms with van der Waals surface area (Å²) in [6, 6.07) is 9.84. The van der Waals surface area contributed by atoms with Crippen molar-refractivity contribution >= 4 is 46.1 Å². The molecule has 4 rings (SSSR count). The fourth-order valence-electron chi connectivity index (χ4n) is 4.55. The Morgan fingerprint density at radius 1 is 1.19 bits per heavy atom. The number of rotatable bonds is 8. The summed E-state index contributed by atoms with van der Waals surface area (Å²) in [5, 5.41) is 9.80. The first-order valence-corrected chi connectivity index (χ1v) is 13.5. The number of anilines is 1. The number of methoxy groups -OCH3 is 1. The summed E-state index contributed by atoms with van der Waals surface area (Å²) in [7, 11) is 1.63. The Bertz CT molecular complexity index is 1320. The van der Waals surface area contributed by atoms with Gasteiger partial charge < -0.3 is 14.4 Å². The lowest BCUT2D eigenvalue weighted by atomic mass is 10.0. The van der Waals surface area contributed by atoms with Crippen LogP contribution in [0.2, 0.25) is 0 Å². The largest absolute Gasteiger partial charge is 0.497 e. The number of benzene rings is 1. The maximum Gasteiger partial charge on any atom is 0.270 e. The predicted molar refractivity (Wildman–Crippen MR) is 150 cm³/mol. The summed E-state index contributed by atoms with van der Waals surface area (Å²) in [6.45, 7) is 7.05. The number of thiocarbonyl (C=S) groups is 1. The molecule has 37 heavy (non-hydrogen) atoms. The van der Waals surface area contributed by atoms with Crippen molar-refractivity contribution in [3.05, 3.63) is 61.8 Å². The van der Waals surface area contributed by atoms with Crippen LogP contribution in [0.25, 0.3) is 6.08 Å². The lowest BCUT2D eigenvalue weighted by Crippen LogP contribution is -2.41. The van der Waals surface area contributed by atoms with E-state index >= 15 is 0 Å². The van der Waals surface area contributed by atoms with Gasteiger partial charge in [0, 0.05) is 31.7 Å². The van der Waals surface area contributed by atoms with Crippen molar-refractivity contribution in [2.75, 3.05) is 44.9 Å². The third-order valence-electron chi connectivity index (χ3n) is 6.54. The quantitative estimate of drug-likeness (QED) is 0.371. The molecule has 0 saturated carbocycles. The fraction of sp³-hybridized carbons (Fsp3) is 0.407. The molecule has 0 N–H and O–H groups in total. The van der Waals surface area contributed by atoms with E-state index < -0.39 is 0 Å². The van der Waals surface area contributed by atoms with E-state index in [2.05, 4.69) is 11.0 Å². The number of thioether (sulfide) groups is 1. The monoisotopic (exact) mass is 538 g/mol. The van der Waals surface area contributed by atoms with Crippen LogP contribution in [0.5, 0.6) is 5.75 Å². The minimum atomic E-state index is -0.299. The highest BCUT2D eigenvalue weighted by Crippen LogP contribution is 2.36. The number of hydrogen-bond acceptors (Lipinski definition) is 8. The first kappa shape index (κ1) is 26.9. The molecule has 0 atom stereocenters. The highest BCUT2D eigenvalue weighted by Gasteiger charge is 2.33. The van der Waals surface area contributed by atoms with Crippen LogP contribution >= 0.6 is 24.0 Å². The van der Waals surface area contributed by atoms with Gasteiger partial charge in [-0.1, -0.05) is 43.0 Å². The van der Waals surface area contributed by atoms with Gasteiger partial charge in [-0.15, -0.1) is 0 Å². The zero-order valence-corrected chi connectivity index (χ0v) is 22.9. The number of carbonyl (C=O) groups is 1. The lowest BCUT2D eigenvalue weighted by molar-refractivity contribution is -0.122. The van der Waals surface area contributed by atoms with Crippen LogP contribution in [0.4, 0.5) is 5.82 Å². The average Bonchev–Trinajstić information content (AvgIpc) is 3.18. The van der Waals surface area contributed by atoms with Crippen LogP contribution in [0.3, 0.4) is 0 Å². The van der Waals surface area contributed by atoms with Gasteiger partial charge in [-0.25, -0.2) is 0 Å². The molecule has 2 aromatic rings. The van der Waals surface area contributed by atoms with Crippen molar-refractivity contribution in [1.82, 2.24) is 9.47 Å². The number of carbonyl (C=O) groups excluding carboxylic acids is 1. The first-order chi connectivity index (χ1) is 17.9. The Morgan fingerprint density at radius 3 is 2.51 bits per heavy atom. The van der Waals surface area contributed by atoms with Crippen LogP contribution in [-0.4, -0.2) is 59.7 Å². The van der Waals surface area contributed by atoms with Gasteiger partial charge in [-0.05, 0) is 49.1 Å². The van der Waals surface area contributed by atoms with E-state index in [-0.39, 0.29) is 17.0 Å². The Hall–Kier alpha value is -3.13. The Labute approximate surface area is 226 Å². The zero-order valence-electron chi connectivity index (χ0n) is 21.3. The molecule has 1 amide bonds. The molecule has 10 heteroatoms. The third kappa shape index (κ3) is 5.59. The smallest absolute Gasteiger partial charge is 0.270 e. The number of morpholine rings is 1. The van der Waals surface area contributed by atoms with E-state index in [0.717, 1.165) is 23.6 Å². The maximum atomic E-state index is 13.4. The highest BCUT2D eigenvalue weighted by atomic mass is 32.2. The van der Waals surface area contributed by atoms with Gasteiger partial charge in [0.25, 0.3) is 11.5 Å². The van der Waals surface area contributed by atoms with Crippen molar-refractivity contribution in [3.8, 4) is 11.8 Å². The summed E-state index contributed by atoms with van der Waals surface area (Å²) in [5.41, 5.74) is 2.17. The number of pyridine rings is 1. The van der Waals surface area contributed by atoms with E-state index in [1.165, 1.54) is 11.8 Å². The van der Waals surface area contributed by atoms with Gasteiger partial charge >= 0.3 is 0 Å². The predicted octanol–water partition coefficient (Wildman–Crippen LogP) is 3.73. The molecule has 2 aliphatic heterocycles. The van der Waals surface area contributed by atoms with Gasteiger partial charge in [-0.2, -0.15) is 5.26 Å². The minimum absolute atomic E-state index is 0.103. The SMILES string of the molecule is CCCn1c(N2CCOCC2)c(C=C2SC(=S)N(CCc3ccc(OC)cc3)C2=O)c(C)c(C#N)c1=O. The van der Waals surface area contributed by atoms with E-state index in [0.29, 0.717) is 66.2 Å². The van der Waals surface area contributed by atoms with E-state index in [1.54, 1.807) is 29.6 Å². The topological polar surface area (TPSA) is 87.8 Å². The second-order valence-electron chi connectivity index (χ2n) is 8.84. The highest BCUT2D eigenvalue weighted by molar-refractivity contribution is 8.26. The molecule has 0 radical (unpaired) electrons. The lowest BCUT2D eigenvalue weighted by Gasteiger charge is -2.33. The van der Waals surface area contributed by atoms with Crippen molar-refractivity contribution in [2.24, 2.45) is 0 Å². The maximum absolute atomic E-state index is 13.4. The second kappa shape index (κ2) is 11.9. The molecule has 0 aliphatic carbocycles.